The number of aryl methyl sites for hydroxylation is 2. The molecule has 246 valence electrons. The second-order valence-electron chi connectivity index (χ2n) is 12.1. The van der Waals surface area contributed by atoms with Crippen molar-refractivity contribution in [1.29, 1.82) is 0 Å². The zero-order chi connectivity index (χ0) is 32.3. The molecule has 2 unspecified atom stereocenters. The monoisotopic (exact) mass is 630 g/mol. The van der Waals surface area contributed by atoms with Crippen LogP contribution in [0.2, 0.25) is 0 Å². The summed E-state index contributed by atoms with van der Waals surface area (Å²) in [5.41, 5.74) is 6.60. The Hall–Kier alpha value is -3.92. The van der Waals surface area contributed by atoms with Gasteiger partial charge in [0.2, 0.25) is 5.91 Å². The molecule has 0 aromatic heterocycles. The molecule has 2 atom stereocenters. The highest BCUT2D eigenvalue weighted by Crippen LogP contribution is 2.34. The van der Waals surface area contributed by atoms with Crippen molar-refractivity contribution >= 4 is 17.7 Å². The molecule has 9 heteroatoms. The molecule has 5 rings (SSSR count). The van der Waals surface area contributed by atoms with Gasteiger partial charge in [0, 0.05) is 51.3 Å². The number of rotatable bonds is 15. The van der Waals surface area contributed by atoms with E-state index in [2.05, 4.69) is 43.3 Å². The van der Waals surface area contributed by atoms with E-state index in [4.69, 9.17) is 18.9 Å². The van der Waals surface area contributed by atoms with Crippen molar-refractivity contribution in [3.63, 3.8) is 0 Å². The Morgan fingerprint density at radius 1 is 0.957 bits per heavy atom. The van der Waals surface area contributed by atoms with E-state index in [-0.39, 0.29) is 17.9 Å². The predicted molar refractivity (Wildman–Crippen MR) is 177 cm³/mol. The van der Waals surface area contributed by atoms with Crippen LogP contribution in [0, 0.1) is 6.92 Å². The lowest BCUT2D eigenvalue weighted by Gasteiger charge is -2.37. The maximum absolute atomic E-state index is 12.7. The van der Waals surface area contributed by atoms with Crippen molar-refractivity contribution in [2.75, 3.05) is 51.5 Å². The SMILES string of the molecule is COCCCN1C(=O)CCc2ccc(COC3CN(C(=O)O)CCC3c3ccc(OCCCOCc4ccccc4C)cc3)cc21. The van der Waals surface area contributed by atoms with Gasteiger partial charge in [-0.3, -0.25) is 4.79 Å². The first-order valence-electron chi connectivity index (χ1n) is 16.3. The molecular formula is C37H46N2O7. The molecular weight excluding hydrogens is 584 g/mol. The molecule has 0 saturated carbocycles. The molecule has 3 aromatic carbocycles. The molecule has 0 bridgehead atoms. The summed E-state index contributed by atoms with van der Waals surface area (Å²) in [6.45, 7) is 6.18. The van der Waals surface area contributed by atoms with Crippen LogP contribution in [0.3, 0.4) is 0 Å². The van der Waals surface area contributed by atoms with Crippen LogP contribution < -0.4 is 9.64 Å². The molecule has 0 aliphatic carbocycles. The summed E-state index contributed by atoms with van der Waals surface area (Å²) in [6, 6.07) is 22.5. The van der Waals surface area contributed by atoms with E-state index in [1.807, 2.05) is 35.2 Å². The van der Waals surface area contributed by atoms with Gasteiger partial charge in [0.05, 0.1) is 39.1 Å². The van der Waals surface area contributed by atoms with E-state index < -0.39 is 6.09 Å². The van der Waals surface area contributed by atoms with Gasteiger partial charge in [-0.05, 0) is 72.2 Å². The molecule has 3 aromatic rings. The number of piperidine rings is 1. The lowest BCUT2D eigenvalue weighted by Crippen LogP contribution is -2.46. The summed E-state index contributed by atoms with van der Waals surface area (Å²) in [5.74, 6) is 0.969. The predicted octanol–water partition coefficient (Wildman–Crippen LogP) is 6.35. The van der Waals surface area contributed by atoms with Crippen molar-refractivity contribution in [3.8, 4) is 5.75 Å². The van der Waals surface area contributed by atoms with Crippen LogP contribution in [-0.4, -0.2) is 74.7 Å². The second kappa shape index (κ2) is 16.6. The minimum atomic E-state index is -0.933. The first-order valence-corrected chi connectivity index (χ1v) is 16.3. The van der Waals surface area contributed by atoms with Crippen LogP contribution in [-0.2, 0) is 38.6 Å². The summed E-state index contributed by atoms with van der Waals surface area (Å²) in [6.07, 6.45) is 2.23. The highest BCUT2D eigenvalue weighted by molar-refractivity contribution is 5.96. The lowest BCUT2D eigenvalue weighted by molar-refractivity contribution is -0.118. The number of anilines is 1. The van der Waals surface area contributed by atoms with Gasteiger partial charge in [-0.1, -0.05) is 48.5 Å². The van der Waals surface area contributed by atoms with Gasteiger partial charge >= 0.3 is 6.09 Å². The Labute approximate surface area is 272 Å². The fraction of sp³-hybridized carbons (Fsp3) is 0.459. The van der Waals surface area contributed by atoms with Gasteiger partial charge in [-0.15, -0.1) is 0 Å². The number of methoxy groups -OCH3 is 1. The van der Waals surface area contributed by atoms with Crippen molar-refractivity contribution < 1.29 is 33.6 Å². The first-order chi connectivity index (χ1) is 22.4. The molecule has 1 N–H and O–H groups in total. The molecule has 2 aliphatic rings. The Balaban J connectivity index is 1.16. The number of benzene rings is 3. The van der Waals surface area contributed by atoms with Crippen LogP contribution >= 0.6 is 0 Å². The molecule has 0 spiro atoms. The van der Waals surface area contributed by atoms with E-state index in [0.717, 1.165) is 47.4 Å². The quantitative estimate of drug-likeness (QED) is 0.196. The Morgan fingerprint density at radius 3 is 2.57 bits per heavy atom. The number of fused-ring (bicyclic) bond motifs is 1. The van der Waals surface area contributed by atoms with Crippen LogP contribution in [0.4, 0.5) is 10.5 Å². The molecule has 2 amide bonds. The molecule has 1 saturated heterocycles. The van der Waals surface area contributed by atoms with Crippen LogP contribution in [0.5, 0.6) is 5.75 Å². The van der Waals surface area contributed by atoms with Gasteiger partial charge in [0.15, 0.2) is 0 Å². The van der Waals surface area contributed by atoms with Gasteiger partial charge in [-0.25, -0.2) is 4.79 Å². The van der Waals surface area contributed by atoms with E-state index in [9.17, 15) is 14.7 Å². The van der Waals surface area contributed by atoms with Crippen LogP contribution in [0.1, 0.15) is 59.4 Å². The van der Waals surface area contributed by atoms with E-state index in [1.165, 1.54) is 16.0 Å². The minimum Gasteiger partial charge on any atom is -0.494 e. The molecule has 1 fully saturated rings. The smallest absolute Gasteiger partial charge is 0.407 e. The van der Waals surface area contributed by atoms with Crippen molar-refractivity contribution in [3.05, 3.63) is 94.5 Å². The van der Waals surface area contributed by atoms with Gasteiger partial charge in [0.1, 0.15) is 5.75 Å². The Morgan fingerprint density at radius 2 is 1.78 bits per heavy atom. The van der Waals surface area contributed by atoms with Crippen molar-refractivity contribution in [2.45, 2.75) is 64.3 Å². The number of hydrogen-bond donors (Lipinski definition) is 1. The summed E-state index contributed by atoms with van der Waals surface area (Å²) in [7, 11) is 1.67. The Kier molecular flexibility index (Phi) is 12.1. The Bertz CT molecular complexity index is 1440. The average molecular weight is 631 g/mol. The van der Waals surface area contributed by atoms with Gasteiger partial charge < -0.3 is 33.9 Å². The van der Waals surface area contributed by atoms with Crippen molar-refractivity contribution in [2.24, 2.45) is 0 Å². The third-order valence-corrected chi connectivity index (χ3v) is 8.90. The summed E-state index contributed by atoms with van der Waals surface area (Å²) >= 11 is 0. The van der Waals surface area contributed by atoms with Crippen molar-refractivity contribution in [1.82, 2.24) is 4.90 Å². The normalized spacial score (nSPS) is 18.0. The molecule has 2 aliphatic heterocycles. The molecule has 0 radical (unpaired) electrons. The number of ether oxygens (including phenoxy) is 4. The third-order valence-electron chi connectivity index (χ3n) is 8.90. The van der Waals surface area contributed by atoms with E-state index in [1.54, 1.807) is 7.11 Å². The summed E-state index contributed by atoms with van der Waals surface area (Å²) < 4.78 is 23.5. The highest BCUT2D eigenvalue weighted by atomic mass is 16.5. The van der Waals surface area contributed by atoms with Gasteiger partial charge in [0.25, 0.3) is 0 Å². The third kappa shape index (κ3) is 8.87. The fourth-order valence-corrected chi connectivity index (χ4v) is 6.25. The zero-order valence-corrected chi connectivity index (χ0v) is 27.0. The number of nitrogens with zero attached hydrogens (tertiary/aromatic N) is 2. The number of carbonyl (C=O) groups is 2. The number of carboxylic acid groups (broad SMARTS) is 1. The minimum absolute atomic E-state index is 0.0456. The maximum Gasteiger partial charge on any atom is 0.407 e. The molecule has 46 heavy (non-hydrogen) atoms. The molecule has 2 heterocycles. The number of amides is 2. The van der Waals surface area contributed by atoms with E-state index in [0.29, 0.717) is 65.5 Å². The largest absolute Gasteiger partial charge is 0.494 e. The van der Waals surface area contributed by atoms with Gasteiger partial charge in [-0.2, -0.15) is 0 Å². The number of hydrogen-bond acceptors (Lipinski definition) is 6. The summed E-state index contributed by atoms with van der Waals surface area (Å²) in [4.78, 5) is 27.9. The van der Waals surface area contributed by atoms with Crippen LogP contribution in [0.15, 0.2) is 66.7 Å². The van der Waals surface area contributed by atoms with E-state index >= 15 is 0 Å². The highest BCUT2D eigenvalue weighted by Gasteiger charge is 2.33. The average Bonchev–Trinajstić information content (AvgIpc) is 3.07. The topological polar surface area (TPSA) is 97.8 Å². The zero-order valence-electron chi connectivity index (χ0n) is 27.0. The lowest BCUT2D eigenvalue weighted by atomic mass is 9.87. The number of likely N-dealkylation sites (tertiary alicyclic amines) is 1. The first kappa shape index (κ1) is 33.4. The maximum atomic E-state index is 12.7. The molecule has 9 nitrogen and oxygen atoms in total. The summed E-state index contributed by atoms with van der Waals surface area (Å²) in [5, 5.41) is 9.71. The fourth-order valence-electron chi connectivity index (χ4n) is 6.25. The van der Waals surface area contributed by atoms with Crippen LogP contribution in [0.25, 0.3) is 0 Å². The standard InChI is InChI=1S/C37H46N2O7/c1-27-7-3-4-8-31(27)26-44-21-6-22-45-32-14-11-29(12-15-32)33-17-19-38(37(41)42)24-35(33)46-25-28-9-10-30-13-16-36(40)39(34(30)23-28)18-5-20-43-2/h3-4,7-12,14-15,23,33,35H,5-6,13,16-22,24-26H2,1-2H3,(H,41,42). The second-order valence-corrected chi connectivity index (χ2v) is 12.1. The number of carbonyl (C=O) groups excluding carboxylic acids is 1.